The minimum Gasteiger partial charge on any atom is -0.394 e. The molecule has 1 aromatic carbocycles. The predicted octanol–water partition coefficient (Wildman–Crippen LogP) is -0.902. The second-order valence-corrected chi connectivity index (χ2v) is 5.52. The molecule has 1 aromatic rings. The first kappa shape index (κ1) is 24.7. The Balaban J connectivity index is 3.41. The molecule has 0 aliphatic heterocycles. The third kappa shape index (κ3) is 8.27. The molecule has 1 N–H and O–H groups in total. The Bertz CT molecular complexity index is 805. The summed E-state index contributed by atoms with van der Waals surface area (Å²) in [6, 6.07) is 7.42. The summed E-state index contributed by atoms with van der Waals surface area (Å²) in [7, 11) is 0. The number of aliphatic hydroxyl groups excluding tert-OH is 1. The number of aliphatic hydroxyl groups is 1. The van der Waals surface area contributed by atoms with Gasteiger partial charge in [-0.1, -0.05) is 30.3 Å². The van der Waals surface area contributed by atoms with Crippen LogP contribution >= 0.6 is 0 Å². The average molecular weight is 450 g/mol. The number of hydrogen-bond acceptors (Lipinski definition) is 14. The van der Waals surface area contributed by atoms with E-state index in [0.717, 1.165) is 0 Å². The maximum absolute atomic E-state index is 12.6. The largest absolute Gasteiger partial charge is 0.394 e. The van der Waals surface area contributed by atoms with Crippen LogP contribution in [0, 0.1) is 40.5 Å². The van der Waals surface area contributed by atoms with E-state index >= 15 is 0 Å². The number of carbonyl (C=O) groups excluding carboxylic acids is 1. The van der Waals surface area contributed by atoms with Gasteiger partial charge in [0.15, 0.2) is 30.2 Å². The fraction of sp³-hybridized carbons (Fsp3) is 0.462. The highest BCUT2D eigenvalue weighted by atomic mass is 17.0. The minimum absolute atomic E-state index is 0.274. The third-order valence-electron chi connectivity index (χ3n) is 3.54. The molecule has 0 spiro atoms. The van der Waals surface area contributed by atoms with Gasteiger partial charge in [0.2, 0.25) is 0 Å². The monoisotopic (exact) mass is 450 g/mol. The van der Waals surface area contributed by atoms with Crippen LogP contribution in [0.4, 0.5) is 0 Å². The summed E-state index contributed by atoms with van der Waals surface area (Å²) in [5, 5.41) is 46.2. The molecule has 0 heterocycles. The molecule has 0 saturated heterocycles. The molecule has 18 heteroatoms. The van der Waals surface area contributed by atoms with Crippen LogP contribution in [0.3, 0.4) is 0 Å². The smallest absolute Gasteiger partial charge is 0.295 e. The molecule has 0 aliphatic carbocycles. The third-order valence-corrected chi connectivity index (χ3v) is 3.54. The molecule has 0 saturated carbocycles. The number of hydrogen-bond donors (Lipinski definition) is 1. The Morgan fingerprint density at radius 3 is 1.74 bits per heavy atom. The number of carbonyl (C=O) groups is 1. The zero-order valence-electron chi connectivity index (χ0n) is 15.2. The average Bonchev–Trinajstić information content (AvgIpc) is 2.67. The second-order valence-electron chi connectivity index (χ2n) is 5.52. The van der Waals surface area contributed by atoms with Gasteiger partial charge in [0.25, 0.3) is 20.3 Å². The van der Waals surface area contributed by atoms with E-state index in [1.165, 1.54) is 24.3 Å². The number of ketones is 1. The van der Waals surface area contributed by atoms with Gasteiger partial charge < -0.3 is 24.5 Å². The van der Waals surface area contributed by atoms with Gasteiger partial charge in [-0.2, -0.15) is 0 Å². The Morgan fingerprint density at radius 1 is 0.806 bits per heavy atom. The molecule has 4 atom stereocenters. The van der Waals surface area contributed by atoms with Crippen molar-refractivity contribution in [3.05, 3.63) is 76.4 Å². The number of Topliss-reactive ketones (excluding diaryl/α,β-unsaturated/α-hetero) is 1. The Labute approximate surface area is 170 Å². The molecule has 31 heavy (non-hydrogen) atoms. The Morgan fingerprint density at radius 2 is 1.29 bits per heavy atom. The van der Waals surface area contributed by atoms with E-state index < -0.39 is 63.6 Å². The van der Waals surface area contributed by atoms with Crippen molar-refractivity contribution in [2.24, 2.45) is 0 Å². The fourth-order valence-corrected chi connectivity index (χ4v) is 2.43. The molecule has 0 aliphatic rings. The van der Waals surface area contributed by atoms with Crippen LogP contribution in [0.25, 0.3) is 0 Å². The molecule has 170 valence electrons. The molecule has 0 fully saturated rings. The van der Waals surface area contributed by atoms with Gasteiger partial charge >= 0.3 is 0 Å². The van der Waals surface area contributed by atoms with Crippen molar-refractivity contribution in [2.75, 3.05) is 6.61 Å². The van der Waals surface area contributed by atoms with E-state index in [1.54, 1.807) is 6.07 Å². The molecule has 0 unspecified atom stereocenters. The van der Waals surface area contributed by atoms with Crippen LogP contribution in [0.2, 0.25) is 0 Å². The highest BCUT2D eigenvalue weighted by Crippen LogP contribution is 2.21. The van der Waals surface area contributed by atoms with Crippen LogP contribution in [0.5, 0.6) is 0 Å². The van der Waals surface area contributed by atoms with Gasteiger partial charge in [-0.25, -0.2) is 0 Å². The van der Waals surface area contributed by atoms with Crippen molar-refractivity contribution in [1.82, 2.24) is 0 Å². The topological polar surface area (TPSA) is 247 Å². The van der Waals surface area contributed by atoms with Crippen molar-refractivity contribution in [2.45, 2.75) is 30.8 Å². The summed E-state index contributed by atoms with van der Waals surface area (Å²) >= 11 is 0. The maximum atomic E-state index is 12.6. The molecule has 0 bridgehead atoms. The van der Waals surface area contributed by atoms with Crippen molar-refractivity contribution in [1.29, 1.82) is 0 Å². The number of rotatable bonds is 15. The van der Waals surface area contributed by atoms with E-state index in [2.05, 4.69) is 19.4 Å². The lowest BCUT2D eigenvalue weighted by atomic mass is 9.96. The first-order chi connectivity index (χ1) is 14.5. The standard InChI is InChI=1S/C13H14N4O14/c18-7-10(28-14(20)21)12(30-16(24)25)13(31-17(26)27)11(29-15(22)23)9(19)6-8-4-2-1-3-5-8/h1-5,10-13,18H,6-7H2/t10-,11+,12-,13+/m0/s1. The SMILES string of the molecule is O=C(Cc1ccccc1)[C@@H](O[N+](=O)[O-])[C@@H](O[N+](=O)[O-])[C@@H](O[N+](=O)[O-])[C@H](CO)O[N+](=O)[O-]. The van der Waals surface area contributed by atoms with E-state index in [9.17, 15) is 50.4 Å². The highest BCUT2D eigenvalue weighted by Gasteiger charge is 2.46. The lowest BCUT2D eigenvalue weighted by Crippen LogP contribution is -2.55. The van der Waals surface area contributed by atoms with Crippen LogP contribution < -0.4 is 0 Å². The zero-order valence-corrected chi connectivity index (χ0v) is 15.2. The summed E-state index contributed by atoms with van der Waals surface area (Å²) in [6.07, 6.45) is -10.7. The van der Waals surface area contributed by atoms with Crippen molar-refractivity contribution < 1.29 is 49.6 Å². The lowest BCUT2D eigenvalue weighted by molar-refractivity contribution is -0.825. The van der Waals surface area contributed by atoms with Gasteiger partial charge in [0, 0.05) is 6.42 Å². The molecule has 0 aromatic heterocycles. The van der Waals surface area contributed by atoms with Gasteiger partial charge in [-0.3, -0.25) is 4.79 Å². The van der Waals surface area contributed by atoms with E-state index in [1.807, 2.05) is 0 Å². The summed E-state index contributed by atoms with van der Waals surface area (Å²) in [4.78, 5) is 72.1. The Hall–Kier alpha value is -4.35. The van der Waals surface area contributed by atoms with Gasteiger partial charge in [0.05, 0.1) is 6.61 Å². The summed E-state index contributed by atoms with van der Waals surface area (Å²) in [5.41, 5.74) is 0.274. The molecule has 0 radical (unpaired) electrons. The molecular weight excluding hydrogens is 436 g/mol. The molecule has 0 amide bonds. The van der Waals surface area contributed by atoms with Crippen LogP contribution in [-0.4, -0.2) is 62.3 Å². The first-order valence-corrected chi connectivity index (χ1v) is 7.97. The van der Waals surface area contributed by atoms with Crippen LogP contribution in [-0.2, 0) is 30.6 Å². The van der Waals surface area contributed by atoms with E-state index in [-0.39, 0.29) is 5.56 Å². The molecule has 18 nitrogen and oxygen atoms in total. The quantitative estimate of drug-likeness (QED) is 0.251. The van der Waals surface area contributed by atoms with Crippen molar-refractivity contribution in [3.63, 3.8) is 0 Å². The van der Waals surface area contributed by atoms with E-state index in [4.69, 9.17) is 0 Å². The summed E-state index contributed by atoms with van der Waals surface area (Å²) < 4.78 is 0. The van der Waals surface area contributed by atoms with Gasteiger partial charge in [-0.05, 0) is 5.56 Å². The lowest BCUT2D eigenvalue weighted by Gasteiger charge is -2.31. The van der Waals surface area contributed by atoms with Crippen LogP contribution in [0.15, 0.2) is 30.3 Å². The first-order valence-electron chi connectivity index (χ1n) is 7.97. The molecular formula is C13H14N4O14. The minimum atomic E-state index is -2.63. The van der Waals surface area contributed by atoms with E-state index in [0.29, 0.717) is 0 Å². The Kier molecular flexibility index (Phi) is 9.24. The van der Waals surface area contributed by atoms with Crippen molar-refractivity contribution in [3.8, 4) is 0 Å². The number of nitrogens with zero attached hydrogens (tertiary/aromatic N) is 4. The second kappa shape index (κ2) is 11.6. The van der Waals surface area contributed by atoms with Crippen molar-refractivity contribution >= 4 is 5.78 Å². The normalized spacial score (nSPS) is 14.2. The summed E-state index contributed by atoms with van der Waals surface area (Å²) in [5.74, 6) is -1.23. The zero-order chi connectivity index (χ0) is 23.6. The predicted molar refractivity (Wildman–Crippen MR) is 89.7 cm³/mol. The number of benzene rings is 1. The van der Waals surface area contributed by atoms with Gasteiger partial charge in [-0.15, -0.1) is 40.5 Å². The van der Waals surface area contributed by atoms with Gasteiger partial charge in [0.1, 0.15) is 0 Å². The van der Waals surface area contributed by atoms with Crippen LogP contribution in [0.1, 0.15) is 5.56 Å². The molecule has 1 rings (SSSR count). The fourth-order valence-electron chi connectivity index (χ4n) is 2.43. The highest BCUT2D eigenvalue weighted by molar-refractivity contribution is 5.85. The maximum Gasteiger partial charge on any atom is 0.295 e. The summed E-state index contributed by atoms with van der Waals surface area (Å²) in [6.45, 7) is -1.39.